The first kappa shape index (κ1) is 19.0. The molecule has 31 heavy (non-hydrogen) atoms. The summed E-state index contributed by atoms with van der Waals surface area (Å²) in [6.07, 6.45) is 7.02. The SMILES string of the molecule is Cc1nc2c(N3CCCCC3)n[nH]c2nc1N1CCC2(CC1)Cc1ccccc1[C@H]2N. The van der Waals surface area contributed by atoms with Gasteiger partial charge in [-0.2, -0.15) is 5.10 Å². The Morgan fingerprint density at radius 1 is 0.968 bits per heavy atom. The van der Waals surface area contributed by atoms with Gasteiger partial charge in [-0.3, -0.25) is 5.10 Å². The number of hydrogen-bond donors (Lipinski definition) is 2. The van der Waals surface area contributed by atoms with Crippen LogP contribution in [0.15, 0.2) is 24.3 Å². The number of anilines is 2. The molecule has 3 N–H and O–H groups in total. The Morgan fingerprint density at radius 3 is 2.48 bits per heavy atom. The predicted octanol–water partition coefficient (Wildman–Crippen LogP) is 3.49. The van der Waals surface area contributed by atoms with E-state index in [0.717, 1.165) is 73.9 Å². The van der Waals surface area contributed by atoms with E-state index in [9.17, 15) is 0 Å². The van der Waals surface area contributed by atoms with Gasteiger partial charge in [0.2, 0.25) is 0 Å². The maximum absolute atomic E-state index is 6.75. The van der Waals surface area contributed by atoms with Crippen LogP contribution in [0.25, 0.3) is 11.2 Å². The smallest absolute Gasteiger partial charge is 0.178 e. The van der Waals surface area contributed by atoms with Crippen molar-refractivity contribution in [3.05, 3.63) is 41.1 Å². The number of H-pyrrole nitrogens is 1. The molecule has 7 nitrogen and oxygen atoms in total. The third-order valence-electron chi connectivity index (χ3n) is 7.83. The van der Waals surface area contributed by atoms with Gasteiger partial charge in [-0.25, -0.2) is 9.97 Å². The summed E-state index contributed by atoms with van der Waals surface area (Å²) < 4.78 is 0. The fourth-order valence-electron chi connectivity index (χ4n) is 6.00. The Labute approximate surface area is 183 Å². The van der Waals surface area contributed by atoms with E-state index in [1.54, 1.807) is 0 Å². The van der Waals surface area contributed by atoms with Crippen LogP contribution in [0.3, 0.4) is 0 Å². The van der Waals surface area contributed by atoms with Gasteiger partial charge in [-0.15, -0.1) is 0 Å². The molecule has 3 aliphatic rings. The highest BCUT2D eigenvalue weighted by Crippen LogP contribution is 2.51. The fraction of sp³-hybridized carbons (Fsp3) is 0.542. The number of benzene rings is 1. The Bertz CT molecular complexity index is 1110. The molecular formula is C24H31N7. The monoisotopic (exact) mass is 417 g/mol. The number of rotatable bonds is 2. The second-order valence-corrected chi connectivity index (χ2v) is 9.63. The number of nitrogens with one attached hydrogen (secondary N) is 1. The lowest BCUT2D eigenvalue weighted by molar-refractivity contribution is 0.187. The van der Waals surface area contributed by atoms with E-state index in [1.165, 1.54) is 30.4 Å². The molecule has 0 unspecified atom stereocenters. The van der Waals surface area contributed by atoms with Gasteiger partial charge in [-0.1, -0.05) is 24.3 Å². The summed E-state index contributed by atoms with van der Waals surface area (Å²) in [5.74, 6) is 1.95. The Morgan fingerprint density at radius 2 is 1.71 bits per heavy atom. The number of piperidine rings is 2. The molecule has 2 aromatic heterocycles. The van der Waals surface area contributed by atoms with Gasteiger partial charge in [0.05, 0.1) is 5.69 Å². The van der Waals surface area contributed by atoms with E-state index in [-0.39, 0.29) is 11.5 Å². The zero-order chi connectivity index (χ0) is 21.0. The van der Waals surface area contributed by atoms with Crippen LogP contribution in [-0.4, -0.2) is 46.3 Å². The van der Waals surface area contributed by atoms with Crippen molar-refractivity contribution in [3.63, 3.8) is 0 Å². The van der Waals surface area contributed by atoms with Gasteiger partial charge >= 0.3 is 0 Å². The van der Waals surface area contributed by atoms with E-state index in [2.05, 4.69) is 51.2 Å². The third kappa shape index (κ3) is 3.01. The summed E-state index contributed by atoms with van der Waals surface area (Å²) in [5, 5.41) is 7.73. The number of nitrogens with two attached hydrogens (primary N) is 1. The van der Waals surface area contributed by atoms with E-state index >= 15 is 0 Å². The lowest BCUT2D eigenvalue weighted by atomic mass is 9.73. The molecule has 2 fully saturated rings. The van der Waals surface area contributed by atoms with Crippen molar-refractivity contribution in [3.8, 4) is 0 Å². The van der Waals surface area contributed by atoms with Gasteiger partial charge in [0.1, 0.15) is 0 Å². The first-order chi connectivity index (χ1) is 15.1. The molecule has 1 aliphatic carbocycles. The van der Waals surface area contributed by atoms with Gasteiger partial charge < -0.3 is 15.5 Å². The van der Waals surface area contributed by atoms with Crippen molar-refractivity contribution in [1.82, 2.24) is 20.2 Å². The fourth-order valence-corrected chi connectivity index (χ4v) is 6.00. The molecule has 162 valence electrons. The van der Waals surface area contributed by atoms with Crippen LogP contribution in [-0.2, 0) is 6.42 Å². The number of hydrogen-bond acceptors (Lipinski definition) is 6. The molecule has 6 rings (SSSR count). The Balaban J connectivity index is 1.24. The lowest BCUT2D eigenvalue weighted by Crippen LogP contribution is -2.44. The summed E-state index contributed by atoms with van der Waals surface area (Å²) in [6.45, 7) is 6.13. The molecule has 0 amide bonds. The molecule has 7 heteroatoms. The maximum Gasteiger partial charge on any atom is 0.178 e. The first-order valence-corrected chi connectivity index (χ1v) is 11.7. The van der Waals surface area contributed by atoms with E-state index in [0.29, 0.717) is 0 Å². The van der Waals surface area contributed by atoms with E-state index < -0.39 is 0 Å². The number of aromatic nitrogens is 4. The van der Waals surface area contributed by atoms with E-state index in [1.807, 2.05) is 0 Å². The highest BCUT2D eigenvalue weighted by Gasteiger charge is 2.46. The zero-order valence-corrected chi connectivity index (χ0v) is 18.3. The van der Waals surface area contributed by atoms with Crippen molar-refractivity contribution in [1.29, 1.82) is 0 Å². The standard InChI is InChI=1S/C24H31N7/c1-16-22(27-21-19(26-16)23(29-28-21)30-11-5-2-6-12-30)31-13-9-24(10-14-31)15-17-7-3-4-8-18(17)20(24)25/h3-4,7-8,20H,2,5-6,9-15,25H2,1H3,(H,27,28,29)/t20-/m1/s1. The van der Waals surface area contributed by atoms with Crippen molar-refractivity contribution in [2.75, 3.05) is 36.0 Å². The second-order valence-electron chi connectivity index (χ2n) is 9.63. The van der Waals surface area contributed by atoms with Crippen molar-refractivity contribution in [2.45, 2.75) is 51.5 Å². The van der Waals surface area contributed by atoms with Crippen LogP contribution in [0, 0.1) is 12.3 Å². The summed E-state index contributed by atoms with van der Waals surface area (Å²) in [5.41, 5.74) is 12.4. The zero-order valence-electron chi connectivity index (χ0n) is 18.3. The minimum atomic E-state index is 0.139. The van der Waals surface area contributed by atoms with Crippen LogP contribution < -0.4 is 15.5 Å². The molecule has 2 saturated heterocycles. The topological polar surface area (TPSA) is 87.0 Å². The van der Waals surface area contributed by atoms with Gasteiger partial charge in [-0.05, 0) is 62.0 Å². The Kier molecular flexibility index (Phi) is 4.42. The summed E-state index contributed by atoms with van der Waals surface area (Å²) in [7, 11) is 0. The maximum atomic E-state index is 6.75. The summed E-state index contributed by atoms with van der Waals surface area (Å²) in [4.78, 5) is 14.7. The van der Waals surface area contributed by atoms with Gasteiger partial charge in [0, 0.05) is 32.2 Å². The molecule has 1 atom stereocenters. The normalized spacial score (nSPS) is 23.0. The second kappa shape index (κ2) is 7.19. The van der Waals surface area contributed by atoms with Gasteiger partial charge in [0.25, 0.3) is 0 Å². The highest BCUT2D eigenvalue weighted by molar-refractivity contribution is 5.85. The minimum absolute atomic E-state index is 0.139. The molecule has 0 radical (unpaired) electrons. The first-order valence-electron chi connectivity index (χ1n) is 11.7. The lowest BCUT2D eigenvalue weighted by Gasteiger charge is -2.42. The van der Waals surface area contributed by atoms with Crippen molar-refractivity contribution < 1.29 is 0 Å². The largest absolute Gasteiger partial charge is 0.355 e. The van der Waals surface area contributed by atoms with Gasteiger partial charge in [0.15, 0.2) is 22.8 Å². The molecule has 4 heterocycles. The predicted molar refractivity (Wildman–Crippen MR) is 123 cm³/mol. The van der Waals surface area contributed by atoms with Crippen LogP contribution >= 0.6 is 0 Å². The van der Waals surface area contributed by atoms with Crippen molar-refractivity contribution >= 4 is 22.8 Å². The molecule has 0 saturated carbocycles. The molecule has 3 aromatic rings. The average molecular weight is 418 g/mol. The molecule has 2 aliphatic heterocycles. The van der Waals surface area contributed by atoms with E-state index in [4.69, 9.17) is 15.7 Å². The summed E-state index contributed by atoms with van der Waals surface area (Å²) >= 11 is 0. The summed E-state index contributed by atoms with van der Waals surface area (Å²) in [6, 6.07) is 8.85. The minimum Gasteiger partial charge on any atom is -0.355 e. The number of aromatic amines is 1. The number of nitrogens with zero attached hydrogens (tertiary/aromatic N) is 5. The van der Waals surface area contributed by atoms with Crippen LogP contribution in [0.4, 0.5) is 11.6 Å². The quantitative estimate of drug-likeness (QED) is 0.664. The Hall–Kier alpha value is -2.67. The van der Waals surface area contributed by atoms with Crippen LogP contribution in [0.1, 0.15) is 55.0 Å². The average Bonchev–Trinajstić information content (AvgIpc) is 3.33. The molecule has 1 aromatic carbocycles. The number of fused-ring (bicyclic) bond motifs is 2. The molecular weight excluding hydrogens is 386 g/mol. The number of aryl methyl sites for hydroxylation is 1. The van der Waals surface area contributed by atoms with Crippen LogP contribution in [0.2, 0.25) is 0 Å². The molecule has 1 spiro atoms. The van der Waals surface area contributed by atoms with Crippen molar-refractivity contribution in [2.24, 2.45) is 11.1 Å². The molecule has 0 bridgehead atoms. The highest BCUT2D eigenvalue weighted by atomic mass is 15.3. The van der Waals surface area contributed by atoms with Crippen LogP contribution in [0.5, 0.6) is 0 Å². The third-order valence-corrected chi connectivity index (χ3v) is 7.83.